The van der Waals surface area contributed by atoms with Gasteiger partial charge < -0.3 is 10.5 Å². The lowest BCUT2D eigenvalue weighted by Gasteiger charge is -2.36. The van der Waals surface area contributed by atoms with E-state index in [-0.39, 0.29) is 29.8 Å². The van der Waals surface area contributed by atoms with E-state index in [2.05, 4.69) is 6.58 Å². The molecule has 2 rings (SSSR count). The largest absolute Gasteiger partial charge is 0.416 e. The molecule has 1 aliphatic carbocycles. The van der Waals surface area contributed by atoms with E-state index in [0.29, 0.717) is 25.7 Å². The summed E-state index contributed by atoms with van der Waals surface area (Å²) in [6.07, 6.45) is 3.43. The maximum absolute atomic E-state index is 13.0. The number of sulfonamides is 1. The first-order chi connectivity index (χ1) is 14.6. The molecule has 1 aliphatic rings. The Kier molecular flexibility index (Phi) is 9.54. The van der Waals surface area contributed by atoms with Crippen molar-refractivity contribution >= 4 is 10.0 Å². The van der Waals surface area contributed by atoms with Crippen LogP contribution in [0.25, 0.3) is 0 Å². The minimum Gasteiger partial charge on any atom is -0.360 e. The molecule has 2 N–H and O–H groups in total. The molecule has 1 unspecified atom stereocenters. The van der Waals surface area contributed by atoms with Crippen LogP contribution in [0.2, 0.25) is 0 Å². The Bertz CT molecular complexity index is 789. The maximum atomic E-state index is 13.0. The molecular weight excluding hydrogens is 429 g/mol. The second-order valence-electron chi connectivity index (χ2n) is 7.91. The smallest absolute Gasteiger partial charge is 0.360 e. The van der Waals surface area contributed by atoms with Crippen molar-refractivity contribution in [2.24, 2.45) is 5.73 Å². The van der Waals surface area contributed by atoms with Gasteiger partial charge in [0.1, 0.15) is 6.23 Å². The van der Waals surface area contributed by atoms with Gasteiger partial charge in [-0.3, -0.25) is 0 Å². The number of hydrogen-bond acceptors (Lipinski definition) is 4. The molecule has 176 valence electrons. The van der Waals surface area contributed by atoms with Crippen molar-refractivity contribution < 1.29 is 26.3 Å². The summed E-state index contributed by atoms with van der Waals surface area (Å²) in [6.45, 7) is 5.69. The second kappa shape index (κ2) is 11.4. The number of ether oxygens (including phenoxy) is 1. The van der Waals surface area contributed by atoms with Crippen molar-refractivity contribution in [2.75, 3.05) is 6.54 Å². The van der Waals surface area contributed by atoms with Gasteiger partial charge in [0.05, 0.1) is 16.6 Å². The highest BCUT2D eigenvalue weighted by molar-refractivity contribution is 7.89. The molecule has 1 saturated carbocycles. The summed E-state index contributed by atoms with van der Waals surface area (Å²) >= 11 is 0. The zero-order valence-electron chi connectivity index (χ0n) is 18.0. The molecule has 1 aromatic carbocycles. The van der Waals surface area contributed by atoms with E-state index in [1.807, 2.05) is 6.08 Å². The van der Waals surface area contributed by atoms with Gasteiger partial charge in [0, 0.05) is 12.6 Å². The Morgan fingerprint density at radius 1 is 1.19 bits per heavy atom. The molecule has 31 heavy (non-hydrogen) atoms. The number of halogens is 3. The van der Waals surface area contributed by atoms with E-state index in [0.717, 1.165) is 49.9 Å². The summed E-state index contributed by atoms with van der Waals surface area (Å²) < 4.78 is 71.7. The number of hydrogen-bond donors (Lipinski definition) is 1. The van der Waals surface area contributed by atoms with E-state index in [1.54, 1.807) is 6.92 Å². The molecule has 0 spiro atoms. The van der Waals surface area contributed by atoms with E-state index in [9.17, 15) is 21.6 Å². The Hall–Kier alpha value is -1.42. The Morgan fingerprint density at radius 3 is 2.32 bits per heavy atom. The summed E-state index contributed by atoms with van der Waals surface area (Å²) in [5.74, 6) is 0. The number of nitrogens with zero attached hydrogens (tertiary/aromatic N) is 1. The van der Waals surface area contributed by atoms with Crippen LogP contribution in [-0.2, 0) is 20.9 Å². The van der Waals surface area contributed by atoms with Gasteiger partial charge in [0.2, 0.25) is 10.0 Å². The van der Waals surface area contributed by atoms with Gasteiger partial charge >= 0.3 is 6.18 Å². The number of nitrogens with two attached hydrogens (primary N) is 1. The van der Waals surface area contributed by atoms with E-state index in [4.69, 9.17) is 10.5 Å². The van der Waals surface area contributed by atoms with Crippen LogP contribution >= 0.6 is 0 Å². The summed E-state index contributed by atoms with van der Waals surface area (Å²) in [6, 6.07) is 3.46. The third kappa shape index (κ3) is 7.30. The van der Waals surface area contributed by atoms with E-state index in [1.165, 1.54) is 4.31 Å². The zero-order chi connectivity index (χ0) is 23.1. The van der Waals surface area contributed by atoms with Crippen LogP contribution in [-0.4, -0.2) is 37.6 Å². The van der Waals surface area contributed by atoms with Crippen molar-refractivity contribution in [1.82, 2.24) is 4.31 Å². The number of alkyl halides is 3. The average molecular weight is 463 g/mol. The fourth-order valence-corrected chi connectivity index (χ4v) is 5.69. The maximum Gasteiger partial charge on any atom is 0.416 e. The van der Waals surface area contributed by atoms with Gasteiger partial charge in [0.15, 0.2) is 0 Å². The Morgan fingerprint density at radius 2 is 1.81 bits per heavy atom. The standard InChI is InChI=1S/C22H33F3N2O3S/c1-3-5-6-7-8-21(26)30-19-13-11-18(12-14-19)27(4-2)31(28,29)20-15-9-17(10-16-20)22(23,24)25/h3,9-10,15-16,18-19,21H,1,4-8,11-14,26H2,2H3. The van der Waals surface area contributed by atoms with E-state index >= 15 is 0 Å². The van der Waals surface area contributed by atoms with Gasteiger partial charge in [-0.2, -0.15) is 17.5 Å². The van der Waals surface area contributed by atoms with Crippen molar-refractivity contribution in [1.29, 1.82) is 0 Å². The first-order valence-electron chi connectivity index (χ1n) is 10.8. The van der Waals surface area contributed by atoms with Crippen LogP contribution in [0, 0.1) is 0 Å². The van der Waals surface area contributed by atoms with Crippen molar-refractivity contribution in [2.45, 2.75) is 87.7 Å². The van der Waals surface area contributed by atoms with Crippen molar-refractivity contribution in [3.63, 3.8) is 0 Å². The highest BCUT2D eigenvalue weighted by Gasteiger charge is 2.35. The SMILES string of the molecule is C=CCCCCC(N)OC1CCC(N(CC)S(=O)(=O)c2ccc(C(F)(F)F)cc2)CC1. The number of benzene rings is 1. The molecule has 0 saturated heterocycles. The highest BCUT2D eigenvalue weighted by Crippen LogP contribution is 2.32. The van der Waals surface area contributed by atoms with Gasteiger partial charge in [0.25, 0.3) is 0 Å². The van der Waals surface area contributed by atoms with Gasteiger partial charge in [-0.1, -0.05) is 13.0 Å². The van der Waals surface area contributed by atoms with Crippen LogP contribution in [0.15, 0.2) is 41.8 Å². The number of allylic oxidation sites excluding steroid dienone is 1. The van der Waals surface area contributed by atoms with Crippen molar-refractivity contribution in [3.05, 3.63) is 42.5 Å². The number of unbranched alkanes of at least 4 members (excludes halogenated alkanes) is 2. The fourth-order valence-electron chi connectivity index (χ4n) is 3.99. The van der Waals surface area contributed by atoms with Crippen LogP contribution in [0.5, 0.6) is 0 Å². The lowest BCUT2D eigenvalue weighted by atomic mass is 9.93. The summed E-state index contributed by atoms with van der Waals surface area (Å²) in [5, 5.41) is 0. The molecule has 1 aromatic rings. The molecule has 1 atom stereocenters. The van der Waals surface area contributed by atoms with Gasteiger partial charge in [-0.05, 0) is 75.6 Å². The minimum atomic E-state index is -4.50. The molecular formula is C22H33F3N2O3S. The van der Waals surface area contributed by atoms with Crippen molar-refractivity contribution in [3.8, 4) is 0 Å². The second-order valence-corrected chi connectivity index (χ2v) is 9.80. The molecule has 0 bridgehead atoms. The molecule has 9 heteroatoms. The molecule has 1 fully saturated rings. The Labute approximate surface area is 183 Å². The predicted octanol–water partition coefficient (Wildman–Crippen LogP) is 5.08. The first kappa shape index (κ1) is 25.8. The van der Waals surface area contributed by atoms with Crippen LogP contribution in [0.4, 0.5) is 13.2 Å². The minimum absolute atomic E-state index is 0.00173. The third-order valence-electron chi connectivity index (χ3n) is 5.67. The monoisotopic (exact) mass is 462 g/mol. The lowest BCUT2D eigenvalue weighted by Crippen LogP contribution is -2.44. The predicted molar refractivity (Wildman–Crippen MR) is 115 cm³/mol. The van der Waals surface area contributed by atoms with E-state index < -0.39 is 21.8 Å². The quantitative estimate of drug-likeness (QED) is 0.283. The Balaban J connectivity index is 1.94. The molecule has 0 aliphatic heterocycles. The topological polar surface area (TPSA) is 72.6 Å². The van der Waals surface area contributed by atoms with Gasteiger partial charge in [-0.15, -0.1) is 6.58 Å². The summed E-state index contributed by atoms with van der Waals surface area (Å²) in [4.78, 5) is -0.123. The molecule has 0 aromatic heterocycles. The summed E-state index contributed by atoms with van der Waals surface area (Å²) in [7, 11) is -3.88. The van der Waals surface area contributed by atoms with Gasteiger partial charge in [-0.25, -0.2) is 8.42 Å². The molecule has 0 radical (unpaired) electrons. The normalized spacial score (nSPS) is 21.2. The highest BCUT2D eigenvalue weighted by atomic mass is 32.2. The van der Waals surface area contributed by atoms with Crippen LogP contribution in [0.3, 0.4) is 0 Å². The molecule has 0 heterocycles. The third-order valence-corrected chi connectivity index (χ3v) is 7.71. The zero-order valence-corrected chi connectivity index (χ0v) is 18.8. The fraction of sp³-hybridized carbons (Fsp3) is 0.636. The van der Waals surface area contributed by atoms with Crippen LogP contribution in [0.1, 0.15) is 63.9 Å². The van der Waals surface area contributed by atoms with Crippen LogP contribution < -0.4 is 5.73 Å². The molecule has 0 amide bonds. The summed E-state index contributed by atoms with van der Waals surface area (Å²) in [5.41, 5.74) is 5.19. The average Bonchev–Trinajstić information content (AvgIpc) is 2.72. The molecule has 5 nitrogen and oxygen atoms in total. The first-order valence-corrected chi connectivity index (χ1v) is 12.2. The number of rotatable bonds is 11. The lowest BCUT2D eigenvalue weighted by molar-refractivity contribution is -0.137.